The number of fused-ring (bicyclic) bond motifs is 1. The van der Waals surface area contributed by atoms with Gasteiger partial charge in [0.15, 0.2) is 0 Å². The number of morpholine rings is 1. The second-order valence-electron chi connectivity index (χ2n) is 5.00. The van der Waals surface area contributed by atoms with Crippen LogP contribution in [0.25, 0.3) is 0 Å². The van der Waals surface area contributed by atoms with E-state index in [-0.39, 0.29) is 0 Å². The van der Waals surface area contributed by atoms with E-state index in [1.54, 1.807) is 0 Å². The Balaban J connectivity index is 1.64. The van der Waals surface area contributed by atoms with Crippen molar-refractivity contribution in [1.29, 1.82) is 0 Å². The average molecular weight is 226 g/mol. The molecule has 1 saturated carbocycles. The van der Waals surface area contributed by atoms with Crippen molar-refractivity contribution in [3.8, 4) is 0 Å². The third kappa shape index (κ3) is 3.19. The van der Waals surface area contributed by atoms with Gasteiger partial charge in [-0.1, -0.05) is 6.92 Å². The molecule has 0 aromatic carbocycles. The van der Waals surface area contributed by atoms with Crippen molar-refractivity contribution < 1.29 is 4.74 Å². The zero-order chi connectivity index (χ0) is 11.2. The summed E-state index contributed by atoms with van der Waals surface area (Å²) in [6, 6.07) is 0.743. The number of ether oxygens (including phenoxy) is 1. The molecule has 16 heavy (non-hydrogen) atoms. The van der Waals surface area contributed by atoms with E-state index >= 15 is 0 Å². The van der Waals surface area contributed by atoms with Crippen LogP contribution >= 0.6 is 0 Å². The monoisotopic (exact) mass is 226 g/mol. The summed E-state index contributed by atoms with van der Waals surface area (Å²) in [4.78, 5) is 2.67. The van der Waals surface area contributed by atoms with Crippen molar-refractivity contribution in [3.05, 3.63) is 0 Å². The zero-order valence-electron chi connectivity index (χ0n) is 10.6. The van der Waals surface area contributed by atoms with Gasteiger partial charge >= 0.3 is 0 Å². The summed E-state index contributed by atoms with van der Waals surface area (Å²) in [6.45, 7) is 7.83. The van der Waals surface area contributed by atoms with Gasteiger partial charge in [0.1, 0.15) is 0 Å². The highest BCUT2D eigenvalue weighted by Gasteiger charge is 2.35. The molecule has 1 N–H and O–H groups in total. The molecule has 0 aromatic heterocycles. The van der Waals surface area contributed by atoms with Crippen LogP contribution < -0.4 is 5.32 Å². The molecule has 1 aliphatic carbocycles. The van der Waals surface area contributed by atoms with E-state index in [9.17, 15) is 0 Å². The van der Waals surface area contributed by atoms with Crippen molar-refractivity contribution in [1.82, 2.24) is 10.2 Å². The molecule has 0 spiro atoms. The molecule has 3 nitrogen and oxygen atoms in total. The molecule has 2 rings (SSSR count). The Bertz CT molecular complexity index is 198. The number of nitrogens with zero attached hydrogens (tertiary/aromatic N) is 1. The standard InChI is InChI=1S/C13H26N2O/c1-2-14-8-3-4-9-15-10-11-16-13-7-5-6-12(13)15/h12-14H,2-11H2,1H3. The maximum atomic E-state index is 5.82. The molecular weight excluding hydrogens is 200 g/mol. The summed E-state index contributed by atoms with van der Waals surface area (Å²) >= 11 is 0. The highest BCUT2D eigenvalue weighted by Crippen LogP contribution is 2.29. The summed E-state index contributed by atoms with van der Waals surface area (Å²) in [6.07, 6.45) is 7.21. The smallest absolute Gasteiger partial charge is 0.0730 e. The van der Waals surface area contributed by atoms with E-state index in [1.807, 2.05) is 0 Å². The fourth-order valence-electron chi connectivity index (χ4n) is 3.03. The number of unbranched alkanes of at least 4 members (excludes halogenated alkanes) is 1. The Morgan fingerprint density at radius 3 is 3.12 bits per heavy atom. The average Bonchev–Trinajstić information content (AvgIpc) is 2.77. The minimum absolute atomic E-state index is 0.558. The van der Waals surface area contributed by atoms with Crippen LogP contribution in [0.3, 0.4) is 0 Å². The quantitative estimate of drug-likeness (QED) is 0.697. The Morgan fingerprint density at radius 2 is 2.25 bits per heavy atom. The van der Waals surface area contributed by atoms with Crippen LogP contribution in [0.4, 0.5) is 0 Å². The number of hydrogen-bond donors (Lipinski definition) is 1. The maximum Gasteiger partial charge on any atom is 0.0730 e. The Kier molecular flexibility index (Phi) is 5.07. The van der Waals surface area contributed by atoms with Gasteiger partial charge in [-0.15, -0.1) is 0 Å². The van der Waals surface area contributed by atoms with Gasteiger partial charge < -0.3 is 10.1 Å². The predicted molar refractivity (Wildman–Crippen MR) is 66.7 cm³/mol. The maximum absolute atomic E-state index is 5.82. The summed E-state index contributed by atoms with van der Waals surface area (Å²) in [5.41, 5.74) is 0. The Labute approximate surface area is 99.5 Å². The highest BCUT2D eigenvalue weighted by molar-refractivity contribution is 4.89. The van der Waals surface area contributed by atoms with Crippen molar-refractivity contribution in [2.45, 2.75) is 51.2 Å². The lowest BCUT2D eigenvalue weighted by Crippen LogP contribution is -2.48. The third-order valence-corrected chi connectivity index (χ3v) is 3.90. The van der Waals surface area contributed by atoms with Gasteiger partial charge in [0.2, 0.25) is 0 Å². The van der Waals surface area contributed by atoms with E-state index in [1.165, 1.54) is 45.2 Å². The SMILES string of the molecule is CCNCCCCN1CCOC2CCCC21. The molecule has 94 valence electrons. The molecule has 2 atom stereocenters. The lowest BCUT2D eigenvalue weighted by atomic mass is 10.1. The molecule has 0 aromatic rings. The summed E-state index contributed by atoms with van der Waals surface area (Å²) in [5, 5.41) is 3.39. The number of hydrogen-bond acceptors (Lipinski definition) is 3. The van der Waals surface area contributed by atoms with Crippen molar-refractivity contribution in [2.24, 2.45) is 0 Å². The minimum atomic E-state index is 0.558. The van der Waals surface area contributed by atoms with Crippen LogP contribution in [0.2, 0.25) is 0 Å². The summed E-state index contributed by atoms with van der Waals surface area (Å²) < 4.78 is 5.82. The minimum Gasteiger partial charge on any atom is -0.375 e. The third-order valence-electron chi connectivity index (χ3n) is 3.90. The molecule has 1 heterocycles. The fraction of sp³-hybridized carbons (Fsp3) is 1.00. The first kappa shape index (κ1) is 12.3. The summed E-state index contributed by atoms with van der Waals surface area (Å²) in [5.74, 6) is 0. The van der Waals surface area contributed by atoms with Crippen LogP contribution in [0.1, 0.15) is 39.0 Å². The molecule has 1 saturated heterocycles. The number of rotatable bonds is 6. The molecule has 0 amide bonds. The van der Waals surface area contributed by atoms with Gasteiger partial charge in [0, 0.05) is 12.6 Å². The van der Waals surface area contributed by atoms with Gasteiger partial charge in [-0.3, -0.25) is 4.90 Å². The molecular formula is C13H26N2O. The second-order valence-corrected chi connectivity index (χ2v) is 5.00. The first-order chi connectivity index (χ1) is 7.92. The van der Waals surface area contributed by atoms with Gasteiger partial charge in [-0.25, -0.2) is 0 Å². The highest BCUT2D eigenvalue weighted by atomic mass is 16.5. The Morgan fingerprint density at radius 1 is 1.31 bits per heavy atom. The van der Waals surface area contributed by atoms with Crippen LogP contribution in [0.5, 0.6) is 0 Å². The van der Waals surface area contributed by atoms with Crippen LogP contribution in [0, 0.1) is 0 Å². The van der Waals surface area contributed by atoms with Crippen LogP contribution in [-0.4, -0.2) is 49.8 Å². The number of nitrogens with one attached hydrogen (secondary N) is 1. The van der Waals surface area contributed by atoms with Crippen LogP contribution in [-0.2, 0) is 4.74 Å². The molecule has 3 heteroatoms. The van der Waals surface area contributed by atoms with E-state index < -0.39 is 0 Å². The van der Waals surface area contributed by atoms with Crippen LogP contribution in [0.15, 0.2) is 0 Å². The van der Waals surface area contributed by atoms with E-state index in [2.05, 4.69) is 17.1 Å². The normalized spacial score (nSPS) is 30.6. The largest absolute Gasteiger partial charge is 0.375 e. The molecule has 2 unspecified atom stereocenters. The van der Waals surface area contributed by atoms with Gasteiger partial charge in [0.25, 0.3) is 0 Å². The molecule has 2 fully saturated rings. The van der Waals surface area contributed by atoms with Crippen molar-refractivity contribution in [3.63, 3.8) is 0 Å². The lowest BCUT2D eigenvalue weighted by molar-refractivity contribution is -0.0558. The fourth-order valence-corrected chi connectivity index (χ4v) is 3.03. The van der Waals surface area contributed by atoms with Crippen molar-refractivity contribution >= 4 is 0 Å². The Hall–Kier alpha value is -0.120. The predicted octanol–water partition coefficient (Wildman–Crippen LogP) is 1.63. The van der Waals surface area contributed by atoms with E-state index in [4.69, 9.17) is 4.74 Å². The van der Waals surface area contributed by atoms with Gasteiger partial charge in [-0.05, 0) is 51.7 Å². The van der Waals surface area contributed by atoms with Gasteiger partial charge in [0.05, 0.1) is 12.7 Å². The topological polar surface area (TPSA) is 24.5 Å². The first-order valence-corrected chi connectivity index (χ1v) is 6.98. The van der Waals surface area contributed by atoms with Gasteiger partial charge in [-0.2, -0.15) is 0 Å². The van der Waals surface area contributed by atoms with Crippen molar-refractivity contribution in [2.75, 3.05) is 32.8 Å². The zero-order valence-corrected chi connectivity index (χ0v) is 10.6. The summed E-state index contributed by atoms with van der Waals surface area (Å²) in [7, 11) is 0. The lowest BCUT2D eigenvalue weighted by Gasteiger charge is -2.37. The molecule has 0 radical (unpaired) electrons. The molecule has 2 aliphatic rings. The van der Waals surface area contributed by atoms with E-state index in [0.717, 1.165) is 25.7 Å². The molecule has 0 bridgehead atoms. The molecule has 1 aliphatic heterocycles. The second kappa shape index (κ2) is 6.58. The van der Waals surface area contributed by atoms with E-state index in [0.29, 0.717) is 6.10 Å². The first-order valence-electron chi connectivity index (χ1n) is 6.98.